The molecule has 0 aliphatic carbocycles. The molecule has 0 aromatic rings. The molecular weight excluding hydrogens is 146 g/mol. The maximum atomic E-state index is 8.60. The zero-order valence-electron chi connectivity index (χ0n) is 8.65. The number of allylic oxidation sites excluding steroid dienone is 1. The molecule has 68 valence electrons. The molecule has 0 fully saturated rings. The number of rotatable bonds is 4. The second-order valence-corrected chi connectivity index (χ2v) is 4.87. The number of nitriles is 1. The highest BCUT2D eigenvalue weighted by molar-refractivity contribution is 4.94. The lowest BCUT2D eigenvalue weighted by molar-refractivity contribution is 0.243. The van der Waals surface area contributed by atoms with Gasteiger partial charge in [0.15, 0.2) is 0 Å². The van der Waals surface area contributed by atoms with E-state index < -0.39 is 0 Å². The Kier molecular flexibility index (Phi) is 3.52. The van der Waals surface area contributed by atoms with Crippen LogP contribution in [0.4, 0.5) is 0 Å². The van der Waals surface area contributed by atoms with E-state index in [4.69, 9.17) is 5.26 Å². The van der Waals surface area contributed by atoms with Crippen LogP contribution in [0.1, 0.15) is 40.5 Å². The normalized spacial score (nSPS) is 12.2. The van der Waals surface area contributed by atoms with Gasteiger partial charge in [-0.2, -0.15) is 5.26 Å². The van der Waals surface area contributed by atoms with Gasteiger partial charge < -0.3 is 0 Å². The van der Waals surface area contributed by atoms with E-state index in [2.05, 4.69) is 40.3 Å². The Morgan fingerprint density at radius 2 is 1.83 bits per heavy atom. The molecule has 0 N–H and O–H groups in total. The quantitative estimate of drug-likeness (QED) is 0.585. The van der Waals surface area contributed by atoms with Gasteiger partial charge in [-0.1, -0.05) is 33.8 Å². The van der Waals surface area contributed by atoms with E-state index in [1.165, 1.54) is 0 Å². The van der Waals surface area contributed by atoms with Gasteiger partial charge in [-0.05, 0) is 17.3 Å². The molecule has 1 nitrogen and oxygen atoms in total. The van der Waals surface area contributed by atoms with Crippen LogP contribution in [0.2, 0.25) is 0 Å². The van der Waals surface area contributed by atoms with E-state index in [-0.39, 0.29) is 10.8 Å². The Labute approximate surface area is 76.1 Å². The molecule has 1 heteroatoms. The Morgan fingerprint density at radius 3 is 2.17 bits per heavy atom. The lowest BCUT2D eigenvalue weighted by Gasteiger charge is -2.30. The highest BCUT2D eigenvalue weighted by Gasteiger charge is 2.26. The zero-order chi connectivity index (χ0) is 9.83. The Bertz CT molecular complexity index is 194. The first-order valence-electron chi connectivity index (χ1n) is 4.33. The van der Waals surface area contributed by atoms with Crippen LogP contribution >= 0.6 is 0 Å². The number of hydrogen-bond acceptors (Lipinski definition) is 1. The van der Waals surface area contributed by atoms with Crippen molar-refractivity contribution in [2.24, 2.45) is 10.8 Å². The molecule has 0 bridgehead atoms. The molecule has 0 aliphatic heterocycles. The van der Waals surface area contributed by atoms with Gasteiger partial charge in [0.2, 0.25) is 0 Å². The fourth-order valence-electron chi connectivity index (χ4n) is 1.58. The standard InChI is InChI=1S/C11H19N/c1-6-10(2,3)9-11(4,5)7-8-12/h6H,1,7,9H2,2-5H3. The van der Waals surface area contributed by atoms with Crippen LogP contribution in [-0.4, -0.2) is 0 Å². The first-order valence-corrected chi connectivity index (χ1v) is 4.33. The summed E-state index contributed by atoms with van der Waals surface area (Å²) < 4.78 is 0. The van der Waals surface area contributed by atoms with Crippen LogP contribution in [-0.2, 0) is 0 Å². The largest absolute Gasteiger partial charge is 0.198 e. The van der Waals surface area contributed by atoms with Crippen molar-refractivity contribution in [3.8, 4) is 6.07 Å². The molecule has 0 rings (SSSR count). The summed E-state index contributed by atoms with van der Waals surface area (Å²) in [6.45, 7) is 12.4. The molecule has 0 saturated carbocycles. The molecule has 0 unspecified atom stereocenters. The summed E-state index contributed by atoms with van der Waals surface area (Å²) in [6.07, 6.45) is 3.59. The Morgan fingerprint density at radius 1 is 1.33 bits per heavy atom. The van der Waals surface area contributed by atoms with Crippen LogP contribution in [0.3, 0.4) is 0 Å². The maximum Gasteiger partial charge on any atom is 0.0627 e. The van der Waals surface area contributed by atoms with Gasteiger partial charge in [0, 0.05) is 6.42 Å². The van der Waals surface area contributed by atoms with E-state index in [1.54, 1.807) is 0 Å². The van der Waals surface area contributed by atoms with Crippen molar-refractivity contribution in [1.82, 2.24) is 0 Å². The third-order valence-electron chi connectivity index (χ3n) is 2.04. The first kappa shape index (κ1) is 11.2. The molecule has 0 amide bonds. The van der Waals surface area contributed by atoms with Gasteiger partial charge in [0.05, 0.1) is 6.07 Å². The van der Waals surface area contributed by atoms with Crippen molar-refractivity contribution >= 4 is 0 Å². The first-order chi connectivity index (χ1) is 5.33. The highest BCUT2D eigenvalue weighted by Crippen LogP contribution is 2.36. The van der Waals surface area contributed by atoms with Crippen LogP contribution in [0.5, 0.6) is 0 Å². The smallest absolute Gasteiger partial charge is 0.0627 e. The Hall–Kier alpha value is -0.770. The van der Waals surface area contributed by atoms with E-state index in [9.17, 15) is 0 Å². The lowest BCUT2D eigenvalue weighted by Crippen LogP contribution is -2.20. The lowest BCUT2D eigenvalue weighted by atomic mass is 9.74. The van der Waals surface area contributed by atoms with Crippen LogP contribution in [0, 0.1) is 22.2 Å². The zero-order valence-corrected chi connectivity index (χ0v) is 8.65. The van der Waals surface area contributed by atoms with Crippen molar-refractivity contribution in [2.45, 2.75) is 40.5 Å². The van der Waals surface area contributed by atoms with Crippen molar-refractivity contribution < 1.29 is 0 Å². The van der Waals surface area contributed by atoms with Crippen LogP contribution < -0.4 is 0 Å². The topological polar surface area (TPSA) is 23.8 Å². The molecule has 0 heterocycles. The second-order valence-electron chi connectivity index (χ2n) is 4.87. The molecule has 0 atom stereocenters. The molecule has 0 spiro atoms. The summed E-state index contributed by atoms with van der Waals surface area (Å²) in [4.78, 5) is 0. The van der Waals surface area contributed by atoms with Gasteiger partial charge in [0.25, 0.3) is 0 Å². The van der Waals surface area contributed by atoms with Gasteiger partial charge in [-0.25, -0.2) is 0 Å². The average molecular weight is 165 g/mol. The SMILES string of the molecule is C=CC(C)(C)CC(C)(C)CC#N. The third kappa shape index (κ3) is 4.18. The second kappa shape index (κ2) is 3.76. The van der Waals surface area contributed by atoms with E-state index >= 15 is 0 Å². The van der Waals surface area contributed by atoms with Gasteiger partial charge in [-0.3, -0.25) is 0 Å². The van der Waals surface area contributed by atoms with Crippen LogP contribution in [0.15, 0.2) is 12.7 Å². The highest BCUT2D eigenvalue weighted by atomic mass is 14.3. The summed E-state index contributed by atoms with van der Waals surface area (Å²) in [7, 11) is 0. The average Bonchev–Trinajstić information content (AvgIpc) is 1.85. The van der Waals surface area contributed by atoms with Crippen molar-refractivity contribution in [1.29, 1.82) is 5.26 Å². The van der Waals surface area contributed by atoms with Gasteiger partial charge in [-0.15, -0.1) is 6.58 Å². The minimum Gasteiger partial charge on any atom is -0.198 e. The van der Waals surface area contributed by atoms with E-state index in [1.807, 2.05) is 6.08 Å². The number of nitrogens with zero attached hydrogens (tertiary/aromatic N) is 1. The van der Waals surface area contributed by atoms with E-state index in [0.29, 0.717) is 6.42 Å². The maximum absolute atomic E-state index is 8.60. The fourth-order valence-corrected chi connectivity index (χ4v) is 1.58. The van der Waals surface area contributed by atoms with Crippen molar-refractivity contribution in [2.75, 3.05) is 0 Å². The third-order valence-corrected chi connectivity index (χ3v) is 2.04. The molecule has 0 saturated heterocycles. The predicted molar refractivity (Wildman–Crippen MR) is 52.6 cm³/mol. The minimum atomic E-state index is 0.104. The summed E-state index contributed by atoms with van der Waals surface area (Å²) in [6, 6.07) is 2.22. The molecule has 0 aromatic carbocycles. The molecule has 0 aromatic heterocycles. The summed E-state index contributed by atoms with van der Waals surface area (Å²) >= 11 is 0. The summed E-state index contributed by atoms with van der Waals surface area (Å²) in [5, 5.41) is 8.60. The monoisotopic (exact) mass is 165 g/mol. The summed E-state index contributed by atoms with van der Waals surface area (Å²) in [5.41, 5.74) is 0.243. The van der Waals surface area contributed by atoms with E-state index in [0.717, 1.165) is 6.42 Å². The summed E-state index contributed by atoms with van der Waals surface area (Å²) in [5.74, 6) is 0. The van der Waals surface area contributed by atoms with Crippen molar-refractivity contribution in [3.05, 3.63) is 12.7 Å². The van der Waals surface area contributed by atoms with Gasteiger partial charge >= 0.3 is 0 Å². The molecule has 0 radical (unpaired) electrons. The minimum absolute atomic E-state index is 0.104. The molecule has 12 heavy (non-hydrogen) atoms. The van der Waals surface area contributed by atoms with Gasteiger partial charge in [0.1, 0.15) is 0 Å². The van der Waals surface area contributed by atoms with Crippen molar-refractivity contribution in [3.63, 3.8) is 0 Å². The predicted octanol–water partition coefficient (Wildman–Crippen LogP) is 3.53. The fraction of sp³-hybridized carbons (Fsp3) is 0.727. The number of hydrogen-bond donors (Lipinski definition) is 0. The molecular formula is C11H19N. The van der Waals surface area contributed by atoms with Crippen LogP contribution in [0.25, 0.3) is 0 Å². The Balaban J connectivity index is 4.24. The molecule has 0 aliphatic rings.